The highest BCUT2D eigenvalue weighted by atomic mass is 16.5. The Morgan fingerprint density at radius 2 is 1.84 bits per heavy atom. The lowest BCUT2D eigenvalue weighted by Gasteiger charge is -2.24. The van der Waals surface area contributed by atoms with E-state index in [0.717, 1.165) is 22.6 Å². The van der Waals surface area contributed by atoms with Crippen molar-refractivity contribution in [2.45, 2.75) is 45.3 Å². The highest BCUT2D eigenvalue weighted by Gasteiger charge is 2.25. The lowest BCUT2D eigenvalue weighted by Crippen LogP contribution is -2.49. The molecule has 2 bridgehead atoms. The van der Waals surface area contributed by atoms with Gasteiger partial charge in [-0.15, -0.1) is 5.10 Å². The van der Waals surface area contributed by atoms with Crippen molar-refractivity contribution < 1.29 is 19.1 Å². The van der Waals surface area contributed by atoms with E-state index in [9.17, 15) is 9.59 Å². The number of nitrogens with one attached hydrogen (secondary N) is 2. The Bertz CT molecular complexity index is 1540. The predicted octanol–water partition coefficient (Wildman–Crippen LogP) is 2.97. The number of aromatic nitrogens is 4. The van der Waals surface area contributed by atoms with Crippen LogP contribution in [0.25, 0.3) is 0 Å². The first-order valence-corrected chi connectivity index (χ1v) is 14.9. The molecule has 1 aliphatic rings. The maximum absolute atomic E-state index is 13.7. The minimum Gasteiger partial charge on any atom is -0.493 e. The highest BCUT2D eigenvalue weighted by molar-refractivity contribution is 6.00. The summed E-state index contributed by atoms with van der Waals surface area (Å²) in [6.45, 7) is 5.25. The molecule has 1 atom stereocenters. The maximum Gasteiger partial charge on any atom is 0.255 e. The normalized spacial score (nSPS) is 17.2. The molecule has 3 heterocycles. The van der Waals surface area contributed by atoms with Gasteiger partial charge >= 0.3 is 0 Å². The lowest BCUT2D eigenvalue weighted by molar-refractivity contribution is -0.123. The second kappa shape index (κ2) is 15.1. The van der Waals surface area contributed by atoms with Gasteiger partial charge < -0.3 is 20.1 Å². The Morgan fingerprint density at radius 3 is 2.66 bits per heavy atom. The van der Waals surface area contributed by atoms with E-state index in [-0.39, 0.29) is 5.91 Å². The Morgan fingerprint density at radius 1 is 1.00 bits per heavy atom. The summed E-state index contributed by atoms with van der Waals surface area (Å²) in [6.07, 6.45) is 3.64. The number of fused-ring (bicyclic) bond motifs is 3. The number of amides is 2. The molecular weight excluding hydrogens is 558 g/mol. The molecule has 230 valence electrons. The quantitative estimate of drug-likeness (QED) is 0.360. The van der Waals surface area contributed by atoms with Crippen molar-refractivity contribution in [3.8, 4) is 11.5 Å². The number of benzene rings is 2. The van der Waals surface area contributed by atoms with Crippen LogP contribution in [0.2, 0.25) is 0 Å². The van der Waals surface area contributed by atoms with Crippen LogP contribution in [-0.2, 0) is 30.7 Å². The van der Waals surface area contributed by atoms with E-state index < -0.39 is 11.9 Å². The smallest absolute Gasteiger partial charge is 0.255 e. The van der Waals surface area contributed by atoms with Crippen LogP contribution in [0.1, 0.15) is 39.4 Å². The van der Waals surface area contributed by atoms with Crippen LogP contribution < -0.4 is 20.1 Å². The average Bonchev–Trinajstić information content (AvgIpc) is 3.49. The number of ether oxygens (including phenoxy) is 2. The SMILES string of the molecule is COc1cccc2c1OCCCn1cc(nn1)CCN(Cc1cccc(C)n1)CCNC(=O)[C@H](Cc1ccccc1)NC2=O. The molecule has 11 heteroatoms. The molecule has 2 aromatic heterocycles. The van der Waals surface area contributed by atoms with E-state index in [1.54, 1.807) is 18.2 Å². The molecule has 2 aromatic carbocycles. The minimum absolute atomic E-state index is 0.262. The molecule has 44 heavy (non-hydrogen) atoms. The van der Waals surface area contributed by atoms with E-state index in [0.29, 0.717) is 75.7 Å². The molecule has 0 fully saturated rings. The zero-order valence-electron chi connectivity index (χ0n) is 25.2. The van der Waals surface area contributed by atoms with Gasteiger partial charge in [0.05, 0.1) is 30.7 Å². The van der Waals surface area contributed by atoms with Gasteiger partial charge in [-0.3, -0.25) is 24.2 Å². The Labute approximate surface area is 257 Å². The number of pyridine rings is 1. The summed E-state index contributed by atoms with van der Waals surface area (Å²) in [6, 6.07) is 20.0. The zero-order chi connectivity index (χ0) is 30.7. The van der Waals surface area contributed by atoms with Gasteiger partial charge in [0.1, 0.15) is 6.04 Å². The van der Waals surface area contributed by atoms with Crippen molar-refractivity contribution in [3.05, 3.63) is 101 Å². The van der Waals surface area contributed by atoms with Crippen molar-refractivity contribution in [2.75, 3.05) is 33.4 Å². The molecule has 5 rings (SSSR count). The molecule has 2 amide bonds. The van der Waals surface area contributed by atoms with Gasteiger partial charge in [-0.2, -0.15) is 0 Å². The van der Waals surface area contributed by atoms with Crippen LogP contribution >= 0.6 is 0 Å². The third kappa shape index (κ3) is 8.41. The molecule has 11 nitrogen and oxygen atoms in total. The standard InChI is InChI=1S/C33H39N7O4/c1-24-9-6-12-26(35-24)22-39-18-15-27-23-40(38-37-27)17-8-20-44-31-28(13-7-14-30(31)43-2)32(41)36-29(33(42)34-16-19-39)21-25-10-4-3-5-11-25/h3-7,9-14,23,29H,8,15-22H2,1-2H3,(H,34,42)(H,36,41)/t29-/m0/s1. The second-order valence-electron chi connectivity index (χ2n) is 10.8. The first-order valence-electron chi connectivity index (χ1n) is 14.9. The van der Waals surface area contributed by atoms with Gasteiger partial charge in [0.2, 0.25) is 5.91 Å². The largest absolute Gasteiger partial charge is 0.493 e. The molecule has 0 saturated heterocycles. The Hall–Kier alpha value is -4.77. The van der Waals surface area contributed by atoms with E-state index in [1.165, 1.54) is 7.11 Å². The van der Waals surface area contributed by atoms with Gasteiger partial charge in [0, 0.05) is 63.9 Å². The molecule has 1 aliphatic heterocycles. The molecule has 0 radical (unpaired) electrons. The minimum atomic E-state index is -0.799. The van der Waals surface area contributed by atoms with Gasteiger partial charge in [0.15, 0.2) is 11.5 Å². The summed E-state index contributed by atoms with van der Waals surface area (Å²) in [5, 5.41) is 14.7. The molecule has 0 aliphatic carbocycles. The third-order valence-electron chi connectivity index (χ3n) is 7.45. The van der Waals surface area contributed by atoms with Crippen molar-refractivity contribution >= 4 is 11.8 Å². The number of carbonyl (C=O) groups is 2. The lowest BCUT2D eigenvalue weighted by atomic mass is 10.0. The Balaban J connectivity index is 1.40. The number of nitrogens with zero attached hydrogens (tertiary/aromatic N) is 5. The third-order valence-corrected chi connectivity index (χ3v) is 7.45. The summed E-state index contributed by atoms with van der Waals surface area (Å²) in [5.41, 5.74) is 4.04. The maximum atomic E-state index is 13.7. The summed E-state index contributed by atoms with van der Waals surface area (Å²) < 4.78 is 13.4. The molecule has 0 spiro atoms. The van der Waals surface area contributed by atoms with E-state index in [4.69, 9.17) is 9.47 Å². The first kappa shape index (κ1) is 30.7. The first-order chi connectivity index (χ1) is 21.5. The van der Waals surface area contributed by atoms with Crippen LogP contribution in [0.4, 0.5) is 0 Å². The fourth-order valence-corrected chi connectivity index (χ4v) is 5.18. The van der Waals surface area contributed by atoms with Crippen LogP contribution in [0.15, 0.2) is 72.9 Å². The van der Waals surface area contributed by atoms with Crippen LogP contribution in [0.5, 0.6) is 11.5 Å². The molecule has 4 aromatic rings. The molecular formula is C33H39N7O4. The van der Waals surface area contributed by atoms with Crippen molar-refractivity contribution in [1.29, 1.82) is 0 Å². The van der Waals surface area contributed by atoms with Gasteiger partial charge in [-0.1, -0.05) is 47.7 Å². The summed E-state index contributed by atoms with van der Waals surface area (Å²) in [7, 11) is 1.53. The van der Waals surface area contributed by atoms with Crippen LogP contribution in [-0.4, -0.2) is 76.1 Å². The molecule has 0 saturated carbocycles. The van der Waals surface area contributed by atoms with Crippen LogP contribution in [0, 0.1) is 6.92 Å². The molecule has 2 N–H and O–H groups in total. The highest BCUT2D eigenvalue weighted by Crippen LogP contribution is 2.31. The fourth-order valence-electron chi connectivity index (χ4n) is 5.18. The van der Waals surface area contributed by atoms with Crippen molar-refractivity contribution in [1.82, 2.24) is 35.5 Å². The molecule has 0 unspecified atom stereocenters. The van der Waals surface area contributed by atoms with Gasteiger partial charge in [-0.25, -0.2) is 0 Å². The summed E-state index contributed by atoms with van der Waals surface area (Å²) >= 11 is 0. The topological polar surface area (TPSA) is 124 Å². The number of hydrogen-bond donors (Lipinski definition) is 2. The number of hydrogen-bond acceptors (Lipinski definition) is 8. The second-order valence-corrected chi connectivity index (χ2v) is 10.8. The predicted molar refractivity (Wildman–Crippen MR) is 165 cm³/mol. The van der Waals surface area contributed by atoms with Crippen LogP contribution in [0.3, 0.4) is 0 Å². The van der Waals surface area contributed by atoms with Gasteiger partial charge in [0.25, 0.3) is 5.91 Å². The van der Waals surface area contributed by atoms with E-state index >= 15 is 0 Å². The van der Waals surface area contributed by atoms with Crippen molar-refractivity contribution in [2.24, 2.45) is 0 Å². The Kier molecular flexibility index (Phi) is 10.5. The number of rotatable bonds is 5. The number of para-hydroxylation sites is 1. The zero-order valence-corrected chi connectivity index (χ0v) is 25.2. The summed E-state index contributed by atoms with van der Waals surface area (Å²) in [5.74, 6) is 0.103. The average molecular weight is 598 g/mol. The monoisotopic (exact) mass is 597 g/mol. The van der Waals surface area contributed by atoms with Gasteiger partial charge in [-0.05, 0) is 36.8 Å². The van der Waals surface area contributed by atoms with Crippen molar-refractivity contribution in [3.63, 3.8) is 0 Å². The number of methoxy groups -OCH3 is 1. The number of carbonyl (C=O) groups excluding carboxylic acids is 2. The van der Waals surface area contributed by atoms with E-state index in [1.807, 2.05) is 66.3 Å². The summed E-state index contributed by atoms with van der Waals surface area (Å²) in [4.78, 5) is 34.2. The number of aryl methyl sites for hydroxylation is 2. The fraction of sp³-hybridized carbons (Fsp3) is 0.364. The van der Waals surface area contributed by atoms with E-state index in [2.05, 4.69) is 30.8 Å².